The normalized spacial score (nSPS) is 9.14. The molecule has 0 aliphatic rings. The second-order valence-corrected chi connectivity index (χ2v) is 3.45. The van der Waals surface area contributed by atoms with Gasteiger partial charge in [0.25, 0.3) is 0 Å². The van der Waals surface area contributed by atoms with Crippen molar-refractivity contribution >= 4 is 11.8 Å². The predicted molar refractivity (Wildman–Crippen MR) is 51.4 cm³/mol. The molecule has 0 fully saturated rings. The summed E-state index contributed by atoms with van der Waals surface area (Å²) in [4.78, 5) is 9.14. The van der Waals surface area contributed by atoms with Crippen LogP contribution in [0.3, 0.4) is 0 Å². The van der Waals surface area contributed by atoms with Crippen molar-refractivity contribution in [2.75, 3.05) is 0 Å². The fourth-order valence-electron chi connectivity index (χ4n) is 0.905. The average molecular weight is 194 g/mol. The van der Waals surface area contributed by atoms with E-state index in [1.165, 1.54) is 0 Å². The number of nitrogens with zero attached hydrogens (tertiary/aromatic N) is 2. The second-order valence-electron chi connectivity index (χ2n) is 2.39. The van der Waals surface area contributed by atoms with E-state index in [2.05, 4.69) is 16.2 Å². The maximum atomic E-state index is 4.12. The van der Waals surface area contributed by atoms with E-state index in [0.29, 0.717) is 0 Å². The minimum Gasteiger partial charge on any atom is -0.455 e. The third kappa shape index (κ3) is 3.19. The molecule has 64 valence electrons. The van der Waals surface area contributed by atoms with Gasteiger partial charge in [0.1, 0.15) is 0 Å². The van der Waals surface area contributed by atoms with Gasteiger partial charge in [-0.15, -0.1) is 12.4 Å². The minimum absolute atomic E-state index is 0. The summed E-state index contributed by atoms with van der Waals surface area (Å²) in [5, 5.41) is 0.800. The van der Waals surface area contributed by atoms with Gasteiger partial charge < -0.3 is 4.98 Å². The molecule has 0 saturated carbocycles. The molecule has 0 bridgehead atoms. The Morgan fingerprint density at radius 3 is 2.50 bits per heavy atom. The molecule has 0 saturated heterocycles. The number of benzene rings is 1. The fraction of sp³-hybridized carbons (Fsp3) is 0. The first kappa shape index (κ1) is 11.3. The van der Waals surface area contributed by atoms with Gasteiger partial charge in [-0.1, -0.05) is 30.0 Å². The Morgan fingerprint density at radius 2 is 1.86 bits per heavy atom. The van der Waals surface area contributed by atoms with Crippen molar-refractivity contribution in [1.82, 2.24) is 9.97 Å². The van der Waals surface area contributed by atoms with E-state index in [1.807, 2.05) is 30.3 Å². The molecule has 0 aliphatic heterocycles. The van der Waals surface area contributed by atoms with E-state index in [4.69, 9.17) is 0 Å². The first-order chi connectivity index (χ1) is 6.45. The van der Waals surface area contributed by atoms with Crippen LogP contribution in [0.1, 0.15) is 0 Å². The topological polar surface area (TPSA) is 25.8 Å². The van der Waals surface area contributed by atoms with Crippen molar-refractivity contribution in [2.45, 2.75) is 9.92 Å². The van der Waals surface area contributed by atoms with Crippen molar-refractivity contribution in [3.8, 4) is 0 Å². The van der Waals surface area contributed by atoms with E-state index in [9.17, 15) is 0 Å². The molecule has 0 spiro atoms. The fourth-order valence-corrected chi connectivity index (χ4v) is 1.63. The zero-order chi connectivity index (χ0) is 8.93. The van der Waals surface area contributed by atoms with E-state index in [0.717, 1.165) is 9.92 Å². The number of hydrogen-bond donors (Lipinski definition) is 0. The monoisotopic (exact) mass is 194 g/mol. The molecule has 1 aromatic carbocycles. The molecule has 0 aliphatic carbocycles. The first-order valence-electron chi connectivity index (χ1n) is 3.87. The standard InChI is InChI=1S/C10H7N2S.Li/c1-2-4-9(5-3-1)13-10-8-11-6-7-12-10;/h1-7H;/q-1;+1. The summed E-state index contributed by atoms with van der Waals surface area (Å²) < 4.78 is 0. The minimum atomic E-state index is 0. The third-order valence-corrected chi connectivity index (χ3v) is 2.35. The summed E-state index contributed by atoms with van der Waals surface area (Å²) in [7, 11) is 0. The van der Waals surface area contributed by atoms with Gasteiger partial charge in [0.15, 0.2) is 0 Å². The quantitative estimate of drug-likeness (QED) is 0.473. The van der Waals surface area contributed by atoms with Gasteiger partial charge in [0.2, 0.25) is 0 Å². The van der Waals surface area contributed by atoms with E-state index in [1.54, 1.807) is 24.2 Å². The number of hydrogen-bond acceptors (Lipinski definition) is 3. The molecule has 2 nitrogen and oxygen atoms in total. The Hall–Kier alpha value is -0.753. The molecule has 2 aromatic rings. The largest absolute Gasteiger partial charge is 1.00 e. The summed E-state index contributed by atoms with van der Waals surface area (Å²) in [5.74, 6) is 0. The molecular formula is C10H7LiN2S. The van der Waals surface area contributed by atoms with Gasteiger partial charge in [-0.2, -0.15) is 0 Å². The molecule has 1 heterocycles. The molecule has 2 rings (SSSR count). The van der Waals surface area contributed by atoms with Crippen molar-refractivity contribution in [3.05, 3.63) is 48.9 Å². The van der Waals surface area contributed by atoms with Gasteiger partial charge >= 0.3 is 18.9 Å². The van der Waals surface area contributed by atoms with Crippen LogP contribution < -0.4 is 18.9 Å². The van der Waals surface area contributed by atoms with Crippen LogP contribution >= 0.6 is 11.8 Å². The molecule has 0 N–H and O–H groups in total. The third-order valence-electron chi connectivity index (χ3n) is 1.45. The summed E-state index contributed by atoms with van der Waals surface area (Å²) in [5.41, 5.74) is 0. The van der Waals surface area contributed by atoms with E-state index >= 15 is 0 Å². The summed E-state index contributed by atoms with van der Waals surface area (Å²) in [6.07, 6.45) is 6.11. The van der Waals surface area contributed by atoms with Crippen LogP contribution in [0.25, 0.3) is 0 Å². The van der Waals surface area contributed by atoms with Gasteiger partial charge in [-0.25, -0.2) is 0 Å². The van der Waals surface area contributed by atoms with E-state index in [-0.39, 0.29) is 18.9 Å². The van der Waals surface area contributed by atoms with Gasteiger partial charge in [0, 0.05) is 9.92 Å². The van der Waals surface area contributed by atoms with Gasteiger partial charge in [-0.05, 0) is 18.3 Å². The summed E-state index contributed by atoms with van der Waals surface area (Å²) in [6.45, 7) is 0. The Balaban J connectivity index is 0.000000980. The molecule has 1 aromatic heterocycles. The van der Waals surface area contributed by atoms with Gasteiger partial charge in [-0.3, -0.25) is 4.98 Å². The SMILES string of the molecule is [Li+].[c-]1nccnc1Sc1ccccc1. The second kappa shape index (κ2) is 5.87. The predicted octanol–water partition coefficient (Wildman–Crippen LogP) is -0.568. The maximum Gasteiger partial charge on any atom is 1.00 e. The summed E-state index contributed by atoms with van der Waals surface area (Å²) in [6, 6.07) is 10.1. The molecule has 0 amide bonds. The smallest absolute Gasteiger partial charge is 0.455 e. The van der Waals surface area contributed by atoms with Gasteiger partial charge in [0.05, 0.1) is 0 Å². The Bertz CT molecular complexity index is 329. The number of aromatic nitrogens is 2. The van der Waals surface area contributed by atoms with Crippen molar-refractivity contribution < 1.29 is 18.9 Å². The maximum absolute atomic E-state index is 4.12. The molecule has 14 heavy (non-hydrogen) atoms. The van der Waals surface area contributed by atoms with Crippen LogP contribution in [0.2, 0.25) is 0 Å². The van der Waals surface area contributed by atoms with Crippen LogP contribution in [-0.4, -0.2) is 9.97 Å². The van der Waals surface area contributed by atoms with Crippen LogP contribution in [0.4, 0.5) is 0 Å². The zero-order valence-electron chi connectivity index (χ0n) is 7.84. The Morgan fingerprint density at radius 1 is 1.07 bits per heavy atom. The van der Waals surface area contributed by atoms with Crippen LogP contribution in [-0.2, 0) is 0 Å². The molecule has 0 atom stereocenters. The van der Waals surface area contributed by atoms with Crippen LogP contribution in [0, 0.1) is 6.20 Å². The van der Waals surface area contributed by atoms with Crippen molar-refractivity contribution in [3.63, 3.8) is 0 Å². The molecule has 4 heteroatoms. The van der Waals surface area contributed by atoms with Crippen molar-refractivity contribution in [1.29, 1.82) is 0 Å². The zero-order valence-corrected chi connectivity index (χ0v) is 8.66. The molecule has 0 radical (unpaired) electrons. The molecule has 0 unspecified atom stereocenters. The van der Waals surface area contributed by atoms with Crippen molar-refractivity contribution in [2.24, 2.45) is 0 Å². The van der Waals surface area contributed by atoms with E-state index < -0.39 is 0 Å². The number of rotatable bonds is 2. The summed E-state index contributed by atoms with van der Waals surface area (Å²) >= 11 is 1.56. The Labute approximate surface area is 99.3 Å². The first-order valence-corrected chi connectivity index (χ1v) is 4.68. The van der Waals surface area contributed by atoms with Crippen LogP contribution in [0.15, 0.2) is 52.6 Å². The molecular weight excluding hydrogens is 187 g/mol. The average Bonchev–Trinajstić information content (AvgIpc) is 2.21. The van der Waals surface area contributed by atoms with Crippen LogP contribution in [0.5, 0.6) is 0 Å². The Kier molecular flexibility index (Phi) is 4.75.